The molecule has 0 amide bonds. The second-order valence-corrected chi connectivity index (χ2v) is 5.08. The number of ether oxygens (including phenoxy) is 1. The molecule has 3 rings (SSSR count). The normalized spacial score (nSPS) is 25.5. The summed E-state index contributed by atoms with van der Waals surface area (Å²) in [5.41, 5.74) is 1.12. The molecule has 1 aromatic heterocycles. The first-order valence-electron chi connectivity index (χ1n) is 6.91. The number of hydrogen-bond donors (Lipinski definition) is 2. The predicted molar refractivity (Wildman–Crippen MR) is 71.0 cm³/mol. The highest BCUT2D eigenvalue weighted by Crippen LogP contribution is 2.24. The van der Waals surface area contributed by atoms with E-state index in [9.17, 15) is 5.11 Å². The third-order valence-electron chi connectivity index (χ3n) is 3.75. The molecule has 2 aliphatic heterocycles. The second-order valence-electron chi connectivity index (χ2n) is 5.08. The van der Waals surface area contributed by atoms with Gasteiger partial charge in [-0.3, -0.25) is 0 Å². The maximum atomic E-state index is 9.53. The molecule has 6 nitrogen and oxygen atoms in total. The van der Waals surface area contributed by atoms with Crippen molar-refractivity contribution in [1.82, 2.24) is 15.3 Å². The Morgan fingerprint density at radius 3 is 3.00 bits per heavy atom. The summed E-state index contributed by atoms with van der Waals surface area (Å²) in [5, 5.41) is 12.9. The zero-order valence-electron chi connectivity index (χ0n) is 11.0. The van der Waals surface area contributed by atoms with Crippen LogP contribution in [-0.4, -0.2) is 54.2 Å². The molecule has 0 bridgehead atoms. The number of hydrogen-bond acceptors (Lipinski definition) is 6. The number of nitrogens with one attached hydrogen (secondary N) is 1. The van der Waals surface area contributed by atoms with Crippen molar-refractivity contribution in [2.24, 2.45) is 0 Å². The molecule has 0 aliphatic carbocycles. The van der Waals surface area contributed by atoms with Gasteiger partial charge >= 0.3 is 0 Å². The molecular formula is C13H20N4O2. The van der Waals surface area contributed by atoms with E-state index in [-0.39, 0.29) is 0 Å². The Bertz CT molecular complexity index is 423. The van der Waals surface area contributed by atoms with Gasteiger partial charge in [0.15, 0.2) is 6.29 Å². The number of morpholine rings is 1. The lowest BCUT2D eigenvalue weighted by atomic mass is 9.94. The Hall–Kier alpha value is -1.24. The van der Waals surface area contributed by atoms with E-state index in [2.05, 4.69) is 15.3 Å². The van der Waals surface area contributed by atoms with Gasteiger partial charge in [-0.25, -0.2) is 9.97 Å². The van der Waals surface area contributed by atoms with Gasteiger partial charge in [-0.05, 0) is 32.0 Å². The molecule has 2 N–H and O–H groups in total. The first-order chi connectivity index (χ1) is 9.33. The van der Waals surface area contributed by atoms with Crippen LogP contribution >= 0.6 is 0 Å². The fourth-order valence-corrected chi connectivity index (χ4v) is 2.67. The van der Waals surface area contributed by atoms with Crippen molar-refractivity contribution in [3.05, 3.63) is 18.0 Å². The maximum Gasteiger partial charge on any atom is 0.225 e. The van der Waals surface area contributed by atoms with Crippen LogP contribution in [0.15, 0.2) is 12.3 Å². The molecule has 0 spiro atoms. The van der Waals surface area contributed by atoms with Crippen molar-refractivity contribution >= 4 is 5.95 Å². The highest BCUT2D eigenvalue weighted by Gasteiger charge is 2.22. The van der Waals surface area contributed by atoms with Gasteiger partial charge in [0, 0.05) is 24.4 Å². The van der Waals surface area contributed by atoms with Crippen molar-refractivity contribution in [1.29, 1.82) is 0 Å². The Morgan fingerprint density at radius 1 is 1.37 bits per heavy atom. The molecule has 3 heterocycles. The van der Waals surface area contributed by atoms with Crippen molar-refractivity contribution in [3.63, 3.8) is 0 Å². The molecule has 6 heteroatoms. The topological polar surface area (TPSA) is 70.5 Å². The Kier molecular flexibility index (Phi) is 3.91. The molecule has 0 saturated carbocycles. The van der Waals surface area contributed by atoms with Gasteiger partial charge < -0.3 is 20.1 Å². The van der Waals surface area contributed by atoms with Crippen LogP contribution in [0.2, 0.25) is 0 Å². The van der Waals surface area contributed by atoms with E-state index < -0.39 is 6.29 Å². The molecular weight excluding hydrogens is 244 g/mol. The van der Waals surface area contributed by atoms with E-state index in [0.29, 0.717) is 25.0 Å². The van der Waals surface area contributed by atoms with Gasteiger partial charge in [0.25, 0.3) is 0 Å². The molecule has 2 aliphatic rings. The van der Waals surface area contributed by atoms with Gasteiger partial charge in [-0.15, -0.1) is 0 Å². The zero-order chi connectivity index (χ0) is 13.1. The molecule has 19 heavy (non-hydrogen) atoms. The zero-order valence-corrected chi connectivity index (χ0v) is 11.0. The lowest BCUT2D eigenvalue weighted by molar-refractivity contribution is -0.104. The van der Waals surface area contributed by atoms with Gasteiger partial charge in [-0.2, -0.15) is 0 Å². The molecule has 1 aromatic rings. The minimum Gasteiger partial charge on any atom is -0.366 e. The summed E-state index contributed by atoms with van der Waals surface area (Å²) in [5.74, 6) is 1.23. The smallest absolute Gasteiger partial charge is 0.225 e. The number of anilines is 1. The Morgan fingerprint density at radius 2 is 2.21 bits per heavy atom. The first-order valence-corrected chi connectivity index (χ1v) is 6.91. The minimum atomic E-state index is -0.736. The lowest BCUT2D eigenvalue weighted by Gasteiger charge is -2.30. The van der Waals surface area contributed by atoms with Gasteiger partial charge in [0.2, 0.25) is 5.95 Å². The van der Waals surface area contributed by atoms with E-state index in [0.717, 1.165) is 38.2 Å². The van der Waals surface area contributed by atoms with Crippen molar-refractivity contribution < 1.29 is 9.84 Å². The second kappa shape index (κ2) is 5.81. The van der Waals surface area contributed by atoms with Crippen molar-refractivity contribution in [3.8, 4) is 0 Å². The van der Waals surface area contributed by atoms with Crippen LogP contribution in [0, 0.1) is 0 Å². The van der Waals surface area contributed by atoms with Gasteiger partial charge in [0.05, 0.1) is 13.2 Å². The minimum absolute atomic E-state index is 0.440. The molecule has 104 valence electrons. The van der Waals surface area contributed by atoms with E-state index in [1.807, 2.05) is 17.2 Å². The Labute approximate surface area is 112 Å². The quantitative estimate of drug-likeness (QED) is 0.789. The summed E-state index contributed by atoms with van der Waals surface area (Å²) in [4.78, 5) is 11.0. The number of aliphatic hydroxyl groups excluding tert-OH is 1. The van der Waals surface area contributed by atoms with Crippen LogP contribution in [0.5, 0.6) is 0 Å². The van der Waals surface area contributed by atoms with Crippen LogP contribution in [0.1, 0.15) is 24.5 Å². The number of piperidine rings is 1. The maximum absolute atomic E-state index is 9.53. The number of rotatable bonds is 2. The average Bonchev–Trinajstić information content (AvgIpc) is 2.48. The fourth-order valence-electron chi connectivity index (χ4n) is 2.67. The van der Waals surface area contributed by atoms with E-state index in [4.69, 9.17) is 4.74 Å². The van der Waals surface area contributed by atoms with E-state index >= 15 is 0 Å². The van der Waals surface area contributed by atoms with Crippen molar-refractivity contribution in [2.45, 2.75) is 25.0 Å². The van der Waals surface area contributed by atoms with Crippen LogP contribution in [-0.2, 0) is 4.74 Å². The SMILES string of the molecule is OC1CN(c2nccc(C3CCNCC3)n2)CCO1. The highest BCUT2D eigenvalue weighted by molar-refractivity contribution is 5.31. The summed E-state index contributed by atoms with van der Waals surface area (Å²) >= 11 is 0. The van der Waals surface area contributed by atoms with Gasteiger partial charge in [0.1, 0.15) is 0 Å². The van der Waals surface area contributed by atoms with Crippen LogP contribution in [0.25, 0.3) is 0 Å². The average molecular weight is 264 g/mol. The van der Waals surface area contributed by atoms with E-state index in [1.165, 1.54) is 0 Å². The number of β-amino-alcohol motifs (C(OH)–C–C–N with tert-alkyl or cyclic N) is 1. The summed E-state index contributed by atoms with van der Waals surface area (Å²) in [7, 11) is 0. The highest BCUT2D eigenvalue weighted by atomic mass is 16.6. The third kappa shape index (κ3) is 3.02. The van der Waals surface area contributed by atoms with E-state index in [1.54, 1.807) is 0 Å². The summed E-state index contributed by atoms with van der Waals surface area (Å²) in [6.07, 6.45) is 3.34. The predicted octanol–water partition coefficient (Wildman–Crippen LogP) is 0.0986. The molecule has 0 aromatic carbocycles. The standard InChI is InChI=1S/C13H20N4O2/c18-12-9-17(7-8-19-12)13-15-6-3-11(16-13)10-1-4-14-5-2-10/h3,6,10,12,14,18H,1-2,4-5,7-9H2. The number of aromatic nitrogens is 2. The summed E-state index contributed by atoms with van der Waals surface area (Å²) in [6, 6.07) is 2.01. The molecule has 1 unspecified atom stereocenters. The summed E-state index contributed by atoms with van der Waals surface area (Å²) < 4.78 is 5.13. The fraction of sp³-hybridized carbons (Fsp3) is 0.692. The molecule has 2 fully saturated rings. The van der Waals surface area contributed by atoms with Crippen LogP contribution < -0.4 is 10.2 Å². The van der Waals surface area contributed by atoms with Crippen LogP contribution in [0.4, 0.5) is 5.95 Å². The number of nitrogens with zero attached hydrogens (tertiary/aromatic N) is 3. The Balaban J connectivity index is 1.75. The number of aliphatic hydroxyl groups is 1. The molecule has 0 radical (unpaired) electrons. The summed E-state index contributed by atoms with van der Waals surface area (Å²) in [6.45, 7) is 3.80. The molecule has 2 saturated heterocycles. The first kappa shape index (κ1) is 12.8. The largest absolute Gasteiger partial charge is 0.366 e. The monoisotopic (exact) mass is 264 g/mol. The van der Waals surface area contributed by atoms with Gasteiger partial charge in [-0.1, -0.05) is 0 Å². The van der Waals surface area contributed by atoms with Crippen LogP contribution in [0.3, 0.4) is 0 Å². The van der Waals surface area contributed by atoms with Crippen molar-refractivity contribution in [2.75, 3.05) is 37.7 Å². The molecule has 1 atom stereocenters. The lowest BCUT2D eigenvalue weighted by Crippen LogP contribution is -2.43. The third-order valence-corrected chi connectivity index (χ3v) is 3.75.